The highest BCUT2D eigenvalue weighted by molar-refractivity contribution is 5.80. The second-order valence-corrected chi connectivity index (χ2v) is 5.74. The van der Waals surface area contributed by atoms with Crippen molar-refractivity contribution in [1.82, 2.24) is 14.5 Å². The SMILES string of the molecule is CCOc1ccc(-n2c(-c3ccccn3)nc3ccccc3c2=O)cc1. The highest BCUT2D eigenvalue weighted by Gasteiger charge is 2.15. The lowest BCUT2D eigenvalue weighted by Crippen LogP contribution is -2.22. The summed E-state index contributed by atoms with van der Waals surface area (Å²) in [5.41, 5.74) is 1.89. The van der Waals surface area contributed by atoms with E-state index in [0.717, 1.165) is 11.4 Å². The van der Waals surface area contributed by atoms with Crippen molar-refractivity contribution < 1.29 is 4.74 Å². The molecule has 0 saturated heterocycles. The fourth-order valence-corrected chi connectivity index (χ4v) is 2.90. The number of hydrogen-bond acceptors (Lipinski definition) is 4. The third kappa shape index (κ3) is 2.84. The summed E-state index contributed by atoms with van der Waals surface area (Å²) in [6.45, 7) is 2.53. The minimum Gasteiger partial charge on any atom is -0.494 e. The van der Waals surface area contributed by atoms with Gasteiger partial charge >= 0.3 is 0 Å². The highest BCUT2D eigenvalue weighted by Crippen LogP contribution is 2.22. The van der Waals surface area contributed by atoms with Gasteiger partial charge in [-0.3, -0.25) is 14.3 Å². The van der Waals surface area contributed by atoms with E-state index in [1.165, 1.54) is 0 Å². The second kappa shape index (κ2) is 6.80. The molecule has 0 fully saturated rings. The molecule has 0 aliphatic carbocycles. The summed E-state index contributed by atoms with van der Waals surface area (Å²) < 4.78 is 7.09. The van der Waals surface area contributed by atoms with Crippen LogP contribution in [0, 0.1) is 0 Å². The zero-order valence-corrected chi connectivity index (χ0v) is 14.3. The summed E-state index contributed by atoms with van der Waals surface area (Å²) in [7, 11) is 0. The maximum Gasteiger partial charge on any atom is 0.266 e. The number of benzene rings is 2. The van der Waals surface area contributed by atoms with Crippen LogP contribution in [0.15, 0.2) is 77.7 Å². The van der Waals surface area contributed by atoms with Gasteiger partial charge in [0.1, 0.15) is 11.4 Å². The number of ether oxygens (including phenoxy) is 1. The number of pyridine rings is 1. The van der Waals surface area contributed by atoms with Crippen LogP contribution in [-0.4, -0.2) is 21.1 Å². The highest BCUT2D eigenvalue weighted by atomic mass is 16.5. The molecule has 0 unspecified atom stereocenters. The van der Waals surface area contributed by atoms with E-state index < -0.39 is 0 Å². The normalized spacial score (nSPS) is 10.8. The Balaban J connectivity index is 2.00. The first kappa shape index (κ1) is 16.0. The maximum absolute atomic E-state index is 13.2. The molecule has 128 valence electrons. The zero-order valence-electron chi connectivity index (χ0n) is 14.3. The average Bonchev–Trinajstić information content (AvgIpc) is 2.70. The fraction of sp³-hybridized carbons (Fsp3) is 0.0952. The van der Waals surface area contributed by atoms with E-state index in [9.17, 15) is 4.79 Å². The van der Waals surface area contributed by atoms with Crippen molar-refractivity contribution in [2.45, 2.75) is 6.92 Å². The van der Waals surface area contributed by atoms with E-state index in [1.54, 1.807) is 16.8 Å². The largest absolute Gasteiger partial charge is 0.494 e. The van der Waals surface area contributed by atoms with Gasteiger partial charge in [0.25, 0.3) is 5.56 Å². The van der Waals surface area contributed by atoms with Crippen LogP contribution in [-0.2, 0) is 0 Å². The number of para-hydroxylation sites is 1. The van der Waals surface area contributed by atoms with Crippen LogP contribution < -0.4 is 10.3 Å². The number of aromatic nitrogens is 3. The van der Waals surface area contributed by atoms with E-state index in [2.05, 4.69) is 4.98 Å². The Morgan fingerprint density at radius 2 is 1.73 bits per heavy atom. The Kier molecular flexibility index (Phi) is 4.19. The first-order valence-corrected chi connectivity index (χ1v) is 8.44. The van der Waals surface area contributed by atoms with Crippen LogP contribution in [0.3, 0.4) is 0 Å². The molecule has 0 amide bonds. The minimum absolute atomic E-state index is 0.125. The molecule has 2 aromatic carbocycles. The molecule has 0 N–H and O–H groups in total. The fourth-order valence-electron chi connectivity index (χ4n) is 2.90. The molecule has 5 heteroatoms. The van der Waals surface area contributed by atoms with Crippen molar-refractivity contribution in [3.8, 4) is 23.0 Å². The Morgan fingerprint density at radius 1 is 0.962 bits per heavy atom. The summed E-state index contributed by atoms with van der Waals surface area (Å²) in [4.78, 5) is 22.3. The molecule has 26 heavy (non-hydrogen) atoms. The van der Waals surface area contributed by atoms with Gasteiger partial charge in [0.2, 0.25) is 0 Å². The van der Waals surface area contributed by atoms with Crippen LogP contribution in [0.4, 0.5) is 0 Å². The molecule has 2 aromatic heterocycles. The molecule has 0 atom stereocenters. The van der Waals surface area contributed by atoms with Crippen molar-refractivity contribution in [3.63, 3.8) is 0 Å². The molecule has 0 saturated carbocycles. The van der Waals surface area contributed by atoms with Crippen LogP contribution in [0.25, 0.3) is 28.1 Å². The molecule has 5 nitrogen and oxygen atoms in total. The first-order valence-electron chi connectivity index (χ1n) is 8.44. The molecule has 0 aliphatic heterocycles. The van der Waals surface area contributed by atoms with Crippen molar-refractivity contribution in [2.24, 2.45) is 0 Å². The quantitative estimate of drug-likeness (QED) is 0.565. The zero-order chi connectivity index (χ0) is 17.9. The summed E-state index contributed by atoms with van der Waals surface area (Å²) in [5.74, 6) is 1.27. The van der Waals surface area contributed by atoms with E-state index in [-0.39, 0.29) is 5.56 Å². The number of nitrogens with zero attached hydrogens (tertiary/aromatic N) is 3. The van der Waals surface area contributed by atoms with Crippen LogP contribution in [0.5, 0.6) is 5.75 Å². The Morgan fingerprint density at radius 3 is 2.46 bits per heavy atom. The number of rotatable bonds is 4. The van der Waals surface area contributed by atoms with Gasteiger partial charge in [-0.1, -0.05) is 18.2 Å². The van der Waals surface area contributed by atoms with Crippen molar-refractivity contribution in [1.29, 1.82) is 0 Å². The summed E-state index contributed by atoms with van der Waals surface area (Å²) in [6.07, 6.45) is 1.69. The Labute approximate surface area is 150 Å². The lowest BCUT2D eigenvalue weighted by Gasteiger charge is -2.14. The smallest absolute Gasteiger partial charge is 0.266 e. The van der Waals surface area contributed by atoms with E-state index in [4.69, 9.17) is 9.72 Å². The van der Waals surface area contributed by atoms with Gasteiger partial charge in [-0.2, -0.15) is 0 Å². The van der Waals surface area contributed by atoms with Crippen molar-refractivity contribution in [3.05, 3.63) is 83.3 Å². The van der Waals surface area contributed by atoms with Crippen LogP contribution in [0.2, 0.25) is 0 Å². The van der Waals surface area contributed by atoms with Gasteiger partial charge in [-0.25, -0.2) is 4.98 Å². The molecular weight excluding hydrogens is 326 g/mol. The monoisotopic (exact) mass is 343 g/mol. The standard InChI is InChI=1S/C21H17N3O2/c1-2-26-16-12-10-15(11-13-16)24-20(19-9-5-6-14-22-19)23-18-8-4-3-7-17(18)21(24)25/h3-14H,2H2,1H3. The maximum atomic E-state index is 13.2. The molecule has 2 heterocycles. The molecule has 0 spiro atoms. The lowest BCUT2D eigenvalue weighted by atomic mass is 10.2. The van der Waals surface area contributed by atoms with Crippen LogP contribution in [0.1, 0.15) is 6.92 Å². The minimum atomic E-state index is -0.125. The van der Waals surface area contributed by atoms with Crippen LogP contribution >= 0.6 is 0 Å². The number of fused-ring (bicyclic) bond motifs is 1. The summed E-state index contributed by atoms with van der Waals surface area (Å²) in [6, 6.07) is 20.3. The van der Waals surface area contributed by atoms with Gasteiger partial charge in [0.15, 0.2) is 5.82 Å². The van der Waals surface area contributed by atoms with Gasteiger partial charge in [-0.15, -0.1) is 0 Å². The molecule has 0 bridgehead atoms. The predicted molar refractivity (Wildman–Crippen MR) is 102 cm³/mol. The van der Waals surface area contributed by atoms with Crippen molar-refractivity contribution >= 4 is 10.9 Å². The van der Waals surface area contributed by atoms with Gasteiger partial charge in [0, 0.05) is 6.20 Å². The van der Waals surface area contributed by atoms with E-state index in [1.807, 2.05) is 67.6 Å². The van der Waals surface area contributed by atoms with E-state index >= 15 is 0 Å². The molecule has 0 aliphatic rings. The molecule has 4 aromatic rings. The average molecular weight is 343 g/mol. The Bertz CT molecular complexity index is 1100. The third-order valence-electron chi connectivity index (χ3n) is 4.08. The molecule has 0 radical (unpaired) electrons. The third-order valence-corrected chi connectivity index (χ3v) is 4.08. The van der Waals surface area contributed by atoms with Gasteiger partial charge in [0.05, 0.1) is 23.2 Å². The van der Waals surface area contributed by atoms with Gasteiger partial charge in [-0.05, 0) is 55.5 Å². The number of hydrogen-bond donors (Lipinski definition) is 0. The lowest BCUT2D eigenvalue weighted by molar-refractivity contribution is 0.340. The molecular formula is C21H17N3O2. The predicted octanol–water partition coefficient (Wildman–Crippen LogP) is 3.85. The summed E-state index contributed by atoms with van der Waals surface area (Å²) >= 11 is 0. The molecule has 4 rings (SSSR count). The summed E-state index contributed by atoms with van der Waals surface area (Å²) in [5, 5.41) is 0.570. The second-order valence-electron chi connectivity index (χ2n) is 5.74. The Hall–Kier alpha value is -3.47. The topological polar surface area (TPSA) is 57.0 Å². The first-order chi connectivity index (χ1) is 12.8. The van der Waals surface area contributed by atoms with E-state index in [0.29, 0.717) is 29.0 Å². The van der Waals surface area contributed by atoms with Crippen molar-refractivity contribution in [2.75, 3.05) is 6.61 Å². The van der Waals surface area contributed by atoms with Gasteiger partial charge < -0.3 is 4.74 Å².